The molecule has 0 heterocycles. The van der Waals surface area contributed by atoms with E-state index in [-0.39, 0.29) is 11.9 Å². The molecule has 2 aromatic rings. The van der Waals surface area contributed by atoms with Crippen molar-refractivity contribution in [2.45, 2.75) is 25.5 Å². The molecule has 0 saturated heterocycles. The van der Waals surface area contributed by atoms with Gasteiger partial charge in [-0.1, -0.05) is 60.7 Å². The highest BCUT2D eigenvalue weighted by Gasteiger charge is 2.10. The van der Waals surface area contributed by atoms with Crippen LogP contribution in [0.15, 0.2) is 60.7 Å². The molecule has 122 valence electrons. The smallest absolute Gasteiger partial charge is 0.224 e. The highest BCUT2D eigenvalue weighted by molar-refractivity contribution is 5.78. The molecule has 23 heavy (non-hydrogen) atoms. The zero-order valence-corrected chi connectivity index (χ0v) is 13.4. The molecule has 0 radical (unpaired) electrons. The van der Waals surface area contributed by atoms with E-state index in [9.17, 15) is 9.90 Å². The Labute approximate surface area is 137 Å². The maximum absolute atomic E-state index is 12.0. The first-order chi connectivity index (χ1) is 11.1. The molecule has 0 unspecified atom stereocenters. The fraction of sp³-hybridized carbons (Fsp3) is 0.316. The van der Waals surface area contributed by atoms with Crippen molar-refractivity contribution in [1.29, 1.82) is 0 Å². The average Bonchev–Trinajstić information content (AvgIpc) is 2.56. The molecule has 1 amide bonds. The van der Waals surface area contributed by atoms with Gasteiger partial charge in [-0.3, -0.25) is 4.79 Å². The molecule has 2 atom stereocenters. The molecular weight excluding hydrogens is 288 g/mol. The average molecular weight is 312 g/mol. The molecule has 4 heteroatoms. The molecular formula is C19H24N2O2. The molecule has 0 bridgehead atoms. The minimum absolute atomic E-state index is 0.00843. The van der Waals surface area contributed by atoms with E-state index in [0.29, 0.717) is 19.5 Å². The summed E-state index contributed by atoms with van der Waals surface area (Å²) < 4.78 is 0. The third-order valence-corrected chi connectivity index (χ3v) is 3.59. The lowest BCUT2D eigenvalue weighted by Gasteiger charge is -2.17. The summed E-state index contributed by atoms with van der Waals surface area (Å²) in [4.78, 5) is 12.0. The van der Waals surface area contributed by atoms with Crippen LogP contribution in [0.5, 0.6) is 0 Å². The number of hydrogen-bond donors (Lipinski definition) is 3. The molecule has 0 saturated carbocycles. The quantitative estimate of drug-likeness (QED) is 0.699. The Balaban J connectivity index is 1.67. The van der Waals surface area contributed by atoms with Crippen molar-refractivity contribution >= 4 is 5.91 Å². The molecule has 2 rings (SSSR count). The molecule has 0 aromatic heterocycles. The van der Waals surface area contributed by atoms with Crippen LogP contribution < -0.4 is 10.6 Å². The second-order valence-electron chi connectivity index (χ2n) is 5.72. The van der Waals surface area contributed by atoms with Crippen LogP contribution in [0.25, 0.3) is 0 Å². The number of carbonyl (C=O) groups is 1. The van der Waals surface area contributed by atoms with E-state index in [1.807, 2.05) is 67.6 Å². The highest BCUT2D eigenvalue weighted by Crippen LogP contribution is 2.10. The summed E-state index contributed by atoms with van der Waals surface area (Å²) in [5.41, 5.74) is 1.89. The Bertz CT molecular complexity index is 587. The van der Waals surface area contributed by atoms with Crippen molar-refractivity contribution in [2.75, 3.05) is 13.1 Å². The van der Waals surface area contributed by atoms with Crippen LogP contribution in [0, 0.1) is 0 Å². The molecule has 0 aliphatic heterocycles. The number of hydrogen-bond acceptors (Lipinski definition) is 3. The maximum atomic E-state index is 12.0. The molecule has 4 nitrogen and oxygen atoms in total. The summed E-state index contributed by atoms with van der Waals surface area (Å²) in [7, 11) is 0. The molecule has 3 N–H and O–H groups in total. The molecule has 0 aliphatic carbocycles. The van der Waals surface area contributed by atoms with Gasteiger partial charge in [0.25, 0.3) is 0 Å². The lowest BCUT2D eigenvalue weighted by Crippen LogP contribution is -2.41. The van der Waals surface area contributed by atoms with Crippen molar-refractivity contribution < 1.29 is 9.90 Å². The van der Waals surface area contributed by atoms with E-state index in [1.54, 1.807) is 0 Å². The van der Waals surface area contributed by atoms with Gasteiger partial charge < -0.3 is 15.7 Å². The van der Waals surface area contributed by atoms with Crippen molar-refractivity contribution in [3.8, 4) is 0 Å². The van der Waals surface area contributed by atoms with Crippen LogP contribution in [-0.2, 0) is 11.2 Å². The summed E-state index contributed by atoms with van der Waals surface area (Å²) in [5, 5.41) is 16.2. The van der Waals surface area contributed by atoms with E-state index in [2.05, 4.69) is 10.6 Å². The van der Waals surface area contributed by atoms with Crippen LogP contribution in [0.2, 0.25) is 0 Å². The minimum atomic E-state index is -0.538. The minimum Gasteiger partial charge on any atom is -0.387 e. The first-order valence-electron chi connectivity index (χ1n) is 7.92. The fourth-order valence-electron chi connectivity index (χ4n) is 2.39. The number of nitrogens with one attached hydrogen (secondary N) is 2. The Morgan fingerprint density at radius 2 is 1.61 bits per heavy atom. The summed E-state index contributed by atoms with van der Waals surface area (Å²) in [6, 6.07) is 19.2. The van der Waals surface area contributed by atoms with Gasteiger partial charge in [-0.15, -0.1) is 0 Å². The van der Waals surface area contributed by atoms with Crippen molar-refractivity contribution in [2.24, 2.45) is 0 Å². The van der Waals surface area contributed by atoms with Crippen molar-refractivity contribution in [3.05, 3.63) is 71.8 Å². The van der Waals surface area contributed by atoms with Gasteiger partial charge in [0.15, 0.2) is 0 Å². The number of amides is 1. The second kappa shape index (κ2) is 9.08. The van der Waals surface area contributed by atoms with E-state index < -0.39 is 6.10 Å². The Morgan fingerprint density at radius 1 is 1.00 bits per heavy atom. The van der Waals surface area contributed by atoms with Gasteiger partial charge in [0.05, 0.1) is 12.5 Å². The Morgan fingerprint density at radius 3 is 2.26 bits per heavy atom. The van der Waals surface area contributed by atoms with E-state index in [0.717, 1.165) is 11.1 Å². The maximum Gasteiger partial charge on any atom is 0.224 e. The zero-order chi connectivity index (χ0) is 16.5. The largest absolute Gasteiger partial charge is 0.387 e. The van der Waals surface area contributed by atoms with Crippen LogP contribution in [-0.4, -0.2) is 30.1 Å². The van der Waals surface area contributed by atoms with Gasteiger partial charge >= 0.3 is 0 Å². The highest BCUT2D eigenvalue weighted by atomic mass is 16.3. The van der Waals surface area contributed by atoms with Gasteiger partial charge in [0, 0.05) is 19.1 Å². The van der Waals surface area contributed by atoms with Gasteiger partial charge in [0.2, 0.25) is 5.91 Å². The van der Waals surface area contributed by atoms with Crippen LogP contribution >= 0.6 is 0 Å². The van der Waals surface area contributed by atoms with E-state index >= 15 is 0 Å². The van der Waals surface area contributed by atoms with Crippen LogP contribution in [0.3, 0.4) is 0 Å². The second-order valence-corrected chi connectivity index (χ2v) is 5.72. The van der Waals surface area contributed by atoms with Gasteiger partial charge in [-0.05, 0) is 18.1 Å². The number of aliphatic hydroxyl groups excluding tert-OH is 1. The van der Waals surface area contributed by atoms with Gasteiger partial charge in [-0.2, -0.15) is 0 Å². The van der Waals surface area contributed by atoms with Crippen LogP contribution in [0.4, 0.5) is 0 Å². The summed E-state index contributed by atoms with van der Waals surface area (Å²) in [6.07, 6.45) is -0.152. The monoisotopic (exact) mass is 312 g/mol. The lowest BCUT2D eigenvalue weighted by molar-refractivity contribution is -0.121. The van der Waals surface area contributed by atoms with Crippen molar-refractivity contribution in [1.82, 2.24) is 10.6 Å². The predicted molar refractivity (Wildman–Crippen MR) is 92.0 cm³/mol. The number of benzene rings is 2. The van der Waals surface area contributed by atoms with E-state index in [1.165, 1.54) is 0 Å². The predicted octanol–water partition coefficient (Wildman–Crippen LogP) is 2.06. The SMILES string of the molecule is C[C@H](CNC[C@@H](O)c1ccccc1)NC(=O)Cc1ccccc1. The lowest BCUT2D eigenvalue weighted by atomic mass is 10.1. The molecule has 2 aromatic carbocycles. The zero-order valence-electron chi connectivity index (χ0n) is 13.4. The first-order valence-corrected chi connectivity index (χ1v) is 7.92. The number of aliphatic hydroxyl groups is 1. The molecule has 0 fully saturated rings. The Hall–Kier alpha value is -2.17. The summed E-state index contributed by atoms with van der Waals surface area (Å²) >= 11 is 0. The van der Waals surface area contributed by atoms with Gasteiger partial charge in [0.1, 0.15) is 0 Å². The third-order valence-electron chi connectivity index (χ3n) is 3.59. The number of carbonyl (C=O) groups excluding carboxylic acids is 1. The van der Waals surface area contributed by atoms with E-state index in [4.69, 9.17) is 0 Å². The normalized spacial score (nSPS) is 13.3. The standard InChI is InChI=1S/C19H24N2O2/c1-15(21-19(23)12-16-8-4-2-5-9-16)13-20-14-18(22)17-10-6-3-7-11-17/h2-11,15,18,20,22H,12-14H2,1H3,(H,21,23)/t15-,18-/m1/s1. The molecule has 0 spiro atoms. The molecule has 0 aliphatic rings. The fourth-order valence-corrected chi connectivity index (χ4v) is 2.39. The first kappa shape index (κ1) is 17.2. The van der Waals surface area contributed by atoms with Gasteiger partial charge in [-0.25, -0.2) is 0 Å². The topological polar surface area (TPSA) is 61.4 Å². The summed E-state index contributed by atoms with van der Waals surface area (Å²) in [5.74, 6) is 0.00843. The third kappa shape index (κ3) is 6.22. The van der Waals surface area contributed by atoms with Crippen molar-refractivity contribution in [3.63, 3.8) is 0 Å². The Kier molecular flexibility index (Phi) is 6.78. The summed E-state index contributed by atoms with van der Waals surface area (Å²) in [6.45, 7) is 3.03. The van der Waals surface area contributed by atoms with Crippen LogP contribution in [0.1, 0.15) is 24.2 Å². The number of rotatable bonds is 8.